The van der Waals surface area contributed by atoms with E-state index in [4.69, 9.17) is 4.74 Å². The number of aromatic nitrogens is 2. The van der Waals surface area contributed by atoms with Gasteiger partial charge in [0.15, 0.2) is 0 Å². The number of thioether (sulfide) groups is 1. The highest BCUT2D eigenvalue weighted by Crippen LogP contribution is 2.23. The number of hydrogen-bond donors (Lipinski definition) is 1. The molecule has 19 heavy (non-hydrogen) atoms. The van der Waals surface area contributed by atoms with Crippen LogP contribution in [-0.2, 0) is 4.74 Å². The minimum atomic E-state index is 0.382. The van der Waals surface area contributed by atoms with Crippen LogP contribution in [0.1, 0.15) is 6.92 Å². The quantitative estimate of drug-likeness (QED) is 0.478. The fourth-order valence-electron chi connectivity index (χ4n) is 1.86. The Bertz CT molecular complexity index is 516. The molecule has 1 N–H and O–H groups in total. The van der Waals surface area contributed by atoms with Gasteiger partial charge in [-0.25, -0.2) is 9.97 Å². The lowest BCUT2D eigenvalue weighted by molar-refractivity contribution is 0.173. The number of hydrogen-bond acceptors (Lipinski definition) is 5. The van der Waals surface area contributed by atoms with Gasteiger partial charge in [-0.2, -0.15) is 0 Å². The molecule has 4 nitrogen and oxygen atoms in total. The standard InChI is InChI=1S/C14H19N3OS/c1-11(9-18-2)15-7-8-19-14-12-5-3-4-6-13(12)16-10-17-14/h3-6,10-11,15H,7-9H2,1-2H3. The Hall–Kier alpha value is -1.17. The number of fused-ring (bicyclic) bond motifs is 1. The minimum absolute atomic E-state index is 0.382. The van der Waals surface area contributed by atoms with Gasteiger partial charge < -0.3 is 10.1 Å². The molecule has 0 aliphatic heterocycles. The van der Waals surface area contributed by atoms with Gasteiger partial charge in [-0.05, 0) is 13.0 Å². The van der Waals surface area contributed by atoms with Crippen LogP contribution < -0.4 is 5.32 Å². The first-order valence-electron chi connectivity index (χ1n) is 6.36. The van der Waals surface area contributed by atoms with E-state index in [9.17, 15) is 0 Å². The van der Waals surface area contributed by atoms with Crippen molar-refractivity contribution in [2.24, 2.45) is 0 Å². The molecule has 0 saturated heterocycles. The fourth-order valence-corrected chi connectivity index (χ4v) is 2.72. The van der Waals surface area contributed by atoms with E-state index >= 15 is 0 Å². The third-order valence-electron chi connectivity index (χ3n) is 2.76. The number of benzene rings is 1. The summed E-state index contributed by atoms with van der Waals surface area (Å²) in [5.41, 5.74) is 1.00. The molecule has 5 heteroatoms. The maximum Gasteiger partial charge on any atom is 0.117 e. The summed E-state index contributed by atoms with van der Waals surface area (Å²) in [6, 6.07) is 8.48. The number of rotatable bonds is 7. The molecule has 2 aromatic rings. The fraction of sp³-hybridized carbons (Fsp3) is 0.429. The highest BCUT2D eigenvalue weighted by Gasteiger charge is 2.04. The molecule has 0 amide bonds. The maximum atomic E-state index is 5.09. The van der Waals surface area contributed by atoms with Gasteiger partial charge in [-0.15, -0.1) is 11.8 Å². The van der Waals surface area contributed by atoms with Gasteiger partial charge in [0.05, 0.1) is 12.1 Å². The van der Waals surface area contributed by atoms with Crippen LogP contribution in [0.4, 0.5) is 0 Å². The van der Waals surface area contributed by atoms with Crippen LogP contribution in [-0.4, -0.2) is 42.0 Å². The smallest absolute Gasteiger partial charge is 0.117 e. The van der Waals surface area contributed by atoms with Crippen LogP contribution in [0.2, 0.25) is 0 Å². The first-order chi connectivity index (χ1) is 9.31. The molecular weight excluding hydrogens is 258 g/mol. The summed E-state index contributed by atoms with van der Waals surface area (Å²) in [6.07, 6.45) is 1.63. The molecule has 102 valence electrons. The molecule has 0 fully saturated rings. The normalized spacial score (nSPS) is 12.7. The van der Waals surface area contributed by atoms with E-state index in [1.165, 1.54) is 0 Å². The van der Waals surface area contributed by atoms with Gasteiger partial charge in [0.25, 0.3) is 0 Å². The molecule has 0 aliphatic rings. The summed E-state index contributed by atoms with van der Waals surface area (Å²) in [5.74, 6) is 0.981. The Morgan fingerprint density at radius 1 is 1.32 bits per heavy atom. The Balaban J connectivity index is 1.88. The Morgan fingerprint density at radius 2 is 2.16 bits per heavy atom. The molecule has 1 atom stereocenters. The van der Waals surface area contributed by atoms with Gasteiger partial charge in [0.2, 0.25) is 0 Å². The molecule has 1 aromatic carbocycles. The van der Waals surface area contributed by atoms with Gasteiger partial charge in [0.1, 0.15) is 11.4 Å². The predicted octanol–water partition coefficient (Wildman–Crippen LogP) is 2.35. The second-order valence-corrected chi connectivity index (χ2v) is 5.44. The predicted molar refractivity (Wildman–Crippen MR) is 79.6 cm³/mol. The molecule has 0 aliphatic carbocycles. The van der Waals surface area contributed by atoms with E-state index in [0.717, 1.165) is 34.8 Å². The maximum absolute atomic E-state index is 5.09. The second-order valence-electron chi connectivity index (χ2n) is 4.35. The van der Waals surface area contributed by atoms with Gasteiger partial charge in [-0.1, -0.05) is 18.2 Å². The van der Waals surface area contributed by atoms with Crippen molar-refractivity contribution in [3.63, 3.8) is 0 Å². The van der Waals surface area contributed by atoms with Gasteiger partial charge in [-0.3, -0.25) is 0 Å². The number of nitrogens with one attached hydrogen (secondary N) is 1. The molecule has 1 aromatic heterocycles. The summed E-state index contributed by atoms with van der Waals surface area (Å²) in [7, 11) is 1.72. The van der Waals surface area contributed by atoms with Crippen LogP contribution in [0, 0.1) is 0 Å². The van der Waals surface area contributed by atoms with Crippen LogP contribution in [0.5, 0.6) is 0 Å². The third kappa shape index (κ3) is 4.16. The van der Waals surface area contributed by atoms with Gasteiger partial charge >= 0.3 is 0 Å². The molecule has 0 bridgehead atoms. The monoisotopic (exact) mass is 277 g/mol. The lowest BCUT2D eigenvalue weighted by Gasteiger charge is -2.12. The lowest BCUT2D eigenvalue weighted by atomic mass is 10.2. The van der Waals surface area contributed by atoms with Crippen molar-refractivity contribution in [2.45, 2.75) is 18.0 Å². The summed E-state index contributed by atoms with van der Waals surface area (Å²) in [4.78, 5) is 8.63. The van der Waals surface area contributed by atoms with E-state index in [1.54, 1.807) is 25.2 Å². The van der Waals surface area contributed by atoms with Crippen LogP contribution in [0.3, 0.4) is 0 Å². The SMILES string of the molecule is COCC(C)NCCSc1ncnc2ccccc12. The van der Waals surface area contributed by atoms with Crippen LogP contribution in [0.15, 0.2) is 35.6 Å². The second kappa shape index (κ2) is 7.43. The molecule has 1 unspecified atom stereocenters. The number of nitrogens with zero attached hydrogens (tertiary/aromatic N) is 2. The zero-order chi connectivity index (χ0) is 13.5. The number of methoxy groups -OCH3 is 1. The van der Waals surface area contributed by atoms with Crippen LogP contribution in [0.25, 0.3) is 10.9 Å². The first-order valence-corrected chi connectivity index (χ1v) is 7.34. The van der Waals surface area contributed by atoms with E-state index < -0.39 is 0 Å². The van der Waals surface area contributed by atoms with Crippen molar-refractivity contribution in [1.29, 1.82) is 0 Å². The zero-order valence-corrected chi connectivity index (χ0v) is 12.1. The summed E-state index contributed by atoms with van der Waals surface area (Å²) in [5, 5.41) is 5.59. The molecule has 0 saturated carbocycles. The van der Waals surface area contributed by atoms with E-state index in [2.05, 4.69) is 28.3 Å². The molecule has 0 spiro atoms. The van der Waals surface area contributed by atoms with Gasteiger partial charge in [0, 0.05) is 30.8 Å². The summed E-state index contributed by atoms with van der Waals surface area (Å²) >= 11 is 1.76. The van der Waals surface area contributed by atoms with Crippen molar-refractivity contribution in [2.75, 3.05) is 26.0 Å². The zero-order valence-electron chi connectivity index (χ0n) is 11.3. The van der Waals surface area contributed by atoms with Crippen molar-refractivity contribution >= 4 is 22.7 Å². The molecule has 1 heterocycles. The average Bonchev–Trinajstić information content (AvgIpc) is 2.44. The van der Waals surface area contributed by atoms with Crippen molar-refractivity contribution in [3.05, 3.63) is 30.6 Å². The highest BCUT2D eigenvalue weighted by atomic mass is 32.2. The molecule has 2 rings (SSSR count). The number of ether oxygens (including phenoxy) is 1. The summed E-state index contributed by atoms with van der Waals surface area (Å²) < 4.78 is 5.09. The topological polar surface area (TPSA) is 47.0 Å². The largest absolute Gasteiger partial charge is 0.383 e. The van der Waals surface area contributed by atoms with E-state index in [1.807, 2.05) is 18.2 Å². The average molecular weight is 277 g/mol. The first kappa shape index (κ1) is 14.2. The third-order valence-corrected chi connectivity index (χ3v) is 3.76. The van der Waals surface area contributed by atoms with Crippen molar-refractivity contribution < 1.29 is 4.74 Å². The van der Waals surface area contributed by atoms with Crippen LogP contribution >= 0.6 is 11.8 Å². The minimum Gasteiger partial charge on any atom is -0.383 e. The number of para-hydroxylation sites is 1. The van der Waals surface area contributed by atoms with Crippen molar-refractivity contribution in [1.82, 2.24) is 15.3 Å². The highest BCUT2D eigenvalue weighted by molar-refractivity contribution is 7.99. The van der Waals surface area contributed by atoms with Crippen molar-refractivity contribution in [3.8, 4) is 0 Å². The van der Waals surface area contributed by atoms with E-state index in [0.29, 0.717) is 6.04 Å². The van der Waals surface area contributed by atoms with E-state index in [-0.39, 0.29) is 0 Å². The lowest BCUT2D eigenvalue weighted by Crippen LogP contribution is -2.31. The summed E-state index contributed by atoms with van der Waals surface area (Å²) in [6.45, 7) is 3.79. The Morgan fingerprint density at radius 3 is 3.00 bits per heavy atom. The molecule has 0 radical (unpaired) electrons. The Kier molecular flexibility index (Phi) is 5.57. The Labute approximate surface area is 118 Å². The molecular formula is C14H19N3OS.